The standard InChI is InChI=1S/C16H13ClN2O2S/c1-21-16(20)11-19(22-13-5-3-2-4-6-13)15-9-12(10-18)7-8-14(15)17/h2-9H,11H2,1H3. The summed E-state index contributed by atoms with van der Waals surface area (Å²) in [5, 5.41) is 9.51. The van der Waals surface area contributed by atoms with E-state index in [0.717, 1.165) is 4.90 Å². The maximum atomic E-state index is 11.7. The molecule has 0 bridgehead atoms. The minimum Gasteiger partial charge on any atom is -0.468 e. The van der Waals surface area contributed by atoms with Gasteiger partial charge in [-0.15, -0.1) is 0 Å². The van der Waals surface area contributed by atoms with Crippen molar-refractivity contribution in [1.29, 1.82) is 5.26 Å². The van der Waals surface area contributed by atoms with Gasteiger partial charge in [0.15, 0.2) is 0 Å². The second-order valence-electron chi connectivity index (χ2n) is 4.30. The highest BCUT2D eigenvalue weighted by Gasteiger charge is 2.17. The fourth-order valence-electron chi connectivity index (χ4n) is 1.73. The van der Waals surface area contributed by atoms with Gasteiger partial charge in [-0.1, -0.05) is 29.8 Å². The highest BCUT2D eigenvalue weighted by molar-refractivity contribution is 8.00. The van der Waals surface area contributed by atoms with Crippen LogP contribution >= 0.6 is 23.5 Å². The minimum atomic E-state index is -0.387. The number of halogens is 1. The number of hydrogen-bond donors (Lipinski definition) is 0. The molecular formula is C16H13ClN2O2S. The summed E-state index contributed by atoms with van der Waals surface area (Å²) in [6, 6.07) is 16.6. The van der Waals surface area contributed by atoms with Crippen LogP contribution in [0.2, 0.25) is 5.02 Å². The van der Waals surface area contributed by atoms with Gasteiger partial charge in [-0.05, 0) is 42.3 Å². The number of methoxy groups -OCH3 is 1. The summed E-state index contributed by atoms with van der Waals surface area (Å²) in [6.45, 7) is 0.0185. The van der Waals surface area contributed by atoms with Crippen LogP contribution in [0.15, 0.2) is 53.4 Å². The average Bonchev–Trinajstić information content (AvgIpc) is 2.55. The zero-order chi connectivity index (χ0) is 15.9. The molecule has 2 rings (SSSR count). The topological polar surface area (TPSA) is 53.3 Å². The van der Waals surface area contributed by atoms with E-state index in [4.69, 9.17) is 21.6 Å². The summed E-state index contributed by atoms with van der Waals surface area (Å²) in [5.74, 6) is -0.387. The van der Waals surface area contributed by atoms with E-state index in [1.54, 1.807) is 22.5 Å². The van der Waals surface area contributed by atoms with Crippen molar-refractivity contribution in [3.8, 4) is 6.07 Å². The van der Waals surface area contributed by atoms with Gasteiger partial charge in [0.05, 0.1) is 29.5 Å². The lowest BCUT2D eigenvalue weighted by Gasteiger charge is -2.23. The molecule has 0 N–H and O–H groups in total. The van der Waals surface area contributed by atoms with Gasteiger partial charge < -0.3 is 4.74 Å². The highest BCUT2D eigenvalue weighted by Crippen LogP contribution is 2.34. The van der Waals surface area contributed by atoms with Gasteiger partial charge in [-0.2, -0.15) is 5.26 Å². The van der Waals surface area contributed by atoms with Crippen LogP contribution in [0.3, 0.4) is 0 Å². The number of anilines is 1. The Balaban J connectivity index is 2.35. The largest absolute Gasteiger partial charge is 0.468 e. The van der Waals surface area contributed by atoms with Crippen LogP contribution in [-0.2, 0) is 9.53 Å². The summed E-state index contributed by atoms with van der Waals surface area (Å²) in [4.78, 5) is 12.6. The third kappa shape index (κ3) is 4.17. The van der Waals surface area contributed by atoms with E-state index in [1.165, 1.54) is 19.1 Å². The molecule has 6 heteroatoms. The van der Waals surface area contributed by atoms with Gasteiger partial charge in [-0.25, -0.2) is 0 Å². The predicted octanol–water partition coefficient (Wildman–Crippen LogP) is 3.90. The van der Waals surface area contributed by atoms with Crippen molar-refractivity contribution < 1.29 is 9.53 Å². The fourth-order valence-corrected chi connectivity index (χ4v) is 2.95. The van der Waals surface area contributed by atoms with Gasteiger partial charge in [0.25, 0.3) is 0 Å². The number of benzene rings is 2. The molecule has 0 aliphatic rings. The van der Waals surface area contributed by atoms with Crippen LogP contribution in [0.1, 0.15) is 5.56 Å². The maximum absolute atomic E-state index is 11.7. The molecule has 0 atom stereocenters. The lowest BCUT2D eigenvalue weighted by Crippen LogP contribution is -2.24. The highest BCUT2D eigenvalue weighted by atomic mass is 35.5. The summed E-state index contributed by atoms with van der Waals surface area (Å²) in [6.07, 6.45) is 0. The Kier molecular flexibility index (Phi) is 5.70. The zero-order valence-corrected chi connectivity index (χ0v) is 13.4. The van der Waals surface area contributed by atoms with Crippen molar-refractivity contribution in [1.82, 2.24) is 0 Å². The van der Waals surface area contributed by atoms with Crippen LogP contribution in [-0.4, -0.2) is 19.6 Å². The Morgan fingerprint density at radius 3 is 2.68 bits per heavy atom. The Bertz CT molecular complexity index is 701. The molecule has 0 fully saturated rings. The van der Waals surface area contributed by atoms with E-state index in [9.17, 15) is 4.79 Å². The summed E-state index contributed by atoms with van der Waals surface area (Å²) >= 11 is 7.58. The molecule has 4 nitrogen and oxygen atoms in total. The molecule has 0 heterocycles. The van der Waals surface area contributed by atoms with Gasteiger partial charge in [0.1, 0.15) is 6.54 Å². The molecular weight excluding hydrogens is 320 g/mol. The van der Waals surface area contributed by atoms with E-state index < -0.39 is 0 Å². The third-order valence-electron chi connectivity index (χ3n) is 2.80. The van der Waals surface area contributed by atoms with Gasteiger partial charge >= 0.3 is 5.97 Å². The monoisotopic (exact) mass is 332 g/mol. The molecule has 0 amide bonds. The second kappa shape index (κ2) is 7.74. The van der Waals surface area contributed by atoms with Crippen molar-refractivity contribution in [3.05, 3.63) is 59.1 Å². The number of rotatable bonds is 5. The van der Waals surface area contributed by atoms with Crippen molar-refractivity contribution in [2.24, 2.45) is 0 Å². The number of carbonyl (C=O) groups is 1. The van der Waals surface area contributed by atoms with E-state index in [-0.39, 0.29) is 12.5 Å². The van der Waals surface area contributed by atoms with E-state index in [2.05, 4.69) is 6.07 Å². The summed E-state index contributed by atoms with van der Waals surface area (Å²) < 4.78 is 6.45. The van der Waals surface area contributed by atoms with E-state index in [0.29, 0.717) is 16.3 Å². The molecule has 0 unspecified atom stereocenters. The molecule has 0 spiro atoms. The zero-order valence-electron chi connectivity index (χ0n) is 11.8. The Morgan fingerprint density at radius 2 is 2.05 bits per heavy atom. The average molecular weight is 333 g/mol. The Morgan fingerprint density at radius 1 is 1.32 bits per heavy atom. The van der Waals surface area contributed by atoms with Crippen LogP contribution in [0.5, 0.6) is 0 Å². The summed E-state index contributed by atoms with van der Waals surface area (Å²) in [5.41, 5.74) is 1.07. The first kappa shape index (κ1) is 16.2. The molecule has 112 valence electrons. The first-order valence-corrected chi connectivity index (χ1v) is 7.56. The van der Waals surface area contributed by atoms with Crippen LogP contribution < -0.4 is 4.31 Å². The lowest BCUT2D eigenvalue weighted by molar-refractivity contribution is -0.138. The molecule has 0 saturated carbocycles. The summed E-state index contributed by atoms with van der Waals surface area (Å²) in [7, 11) is 1.33. The molecule has 0 saturated heterocycles. The van der Waals surface area contributed by atoms with Crippen molar-refractivity contribution in [3.63, 3.8) is 0 Å². The smallest absolute Gasteiger partial charge is 0.326 e. The van der Waals surface area contributed by atoms with Crippen LogP contribution in [0.25, 0.3) is 0 Å². The van der Waals surface area contributed by atoms with Gasteiger partial charge in [0, 0.05) is 4.90 Å². The fraction of sp³-hybridized carbons (Fsp3) is 0.125. The quantitative estimate of drug-likeness (QED) is 0.614. The predicted molar refractivity (Wildman–Crippen MR) is 87.8 cm³/mol. The number of carbonyl (C=O) groups excluding carboxylic acids is 1. The number of esters is 1. The normalized spacial score (nSPS) is 9.86. The molecule has 2 aromatic rings. The SMILES string of the molecule is COC(=O)CN(Sc1ccccc1)c1cc(C#N)ccc1Cl. The van der Waals surface area contributed by atoms with Crippen molar-refractivity contribution >= 4 is 35.2 Å². The molecule has 0 aromatic heterocycles. The van der Waals surface area contributed by atoms with Crippen molar-refractivity contribution in [2.75, 3.05) is 18.0 Å². The molecule has 0 radical (unpaired) electrons. The van der Waals surface area contributed by atoms with Gasteiger partial charge in [0.2, 0.25) is 0 Å². The lowest BCUT2D eigenvalue weighted by atomic mass is 10.2. The number of nitriles is 1. The number of hydrogen-bond acceptors (Lipinski definition) is 5. The maximum Gasteiger partial charge on any atom is 0.326 e. The minimum absolute atomic E-state index is 0.0185. The first-order chi connectivity index (χ1) is 10.6. The number of ether oxygens (including phenoxy) is 1. The molecule has 0 aliphatic heterocycles. The van der Waals surface area contributed by atoms with Crippen molar-refractivity contribution in [2.45, 2.75) is 4.90 Å². The molecule has 0 aliphatic carbocycles. The van der Waals surface area contributed by atoms with E-state index in [1.807, 2.05) is 30.3 Å². The Hall–Kier alpha value is -2.16. The molecule has 22 heavy (non-hydrogen) atoms. The second-order valence-corrected chi connectivity index (χ2v) is 5.80. The Labute approximate surface area is 138 Å². The number of nitrogens with zero attached hydrogens (tertiary/aromatic N) is 2. The third-order valence-corrected chi connectivity index (χ3v) is 4.15. The van der Waals surface area contributed by atoms with Gasteiger partial charge in [-0.3, -0.25) is 9.10 Å². The molecule has 2 aromatic carbocycles. The van der Waals surface area contributed by atoms with E-state index >= 15 is 0 Å². The first-order valence-electron chi connectivity index (χ1n) is 6.41. The van der Waals surface area contributed by atoms with Crippen LogP contribution in [0, 0.1) is 11.3 Å². The van der Waals surface area contributed by atoms with Crippen LogP contribution in [0.4, 0.5) is 5.69 Å².